The molecule has 1 aliphatic rings. The predicted octanol–water partition coefficient (Wildman–Crippen LogP) is 2.53. The van der Waals surface area contributed by atoms with Gasteiger partial charge in [-0.2, -0.15) is 0 Å². The predicted molar refractivity (Wildman–Crippen MR) is 72.4 cm³/mol. The molecule has 1 aliphatic heterocycles. The third-order valence-electron chi connectivity index (χ3n) is 3.13. The van der Waals surface area contributed by atoms with Crippen LogP contribution in [-0.4, -0.2) is 30.1 Å². The topological polar surface area (TPSA) is 72.8 Å². The molecule has 5 heteroatoms. The first kappa shape index (κ1) is 14.4. The average molecular weight is 278 g/mol. The molecule has 1 N–H and O–H groups in total. The molecule has 1 aromatic rings. The molecule has 0 radical (unpaired) electrons. The largest absolute Gasteiger partial charge is 0.486 e. The molecule has 0 spiro atoms. The standard InChI is InChI=1S/C15H18O5/c1-15(2,9-14(17)18)8-11(16)10-3-4-12-13(7-10)20-6-5-19-12/h3-4,7H,5-6,8-9H2,1-2H3,(H,17,18). The normalized spacial score (nSPS) is 13.9. The van der Waals surface area contributed by atoms with Gasteiger partial charge in [0.15, 0.2) is 17.3 Å². The smallest absolute Gasteiger partial charge is 0.303 e. The van der Waals surface area contributed by atoms with Crippen molar-refractivity contribution in [1.82, 2.24) is 0 Å². The Kier molecular flexibility index (Phi) is 3.97. The molecular formula is C15H18O5. The Hall–Kier alpha value is -2.04. The van der Waals surface area contributed by atoms with Crippen LogP contribution >= 0.6 is 0 Å². The van der Waals surface area contributed by atoms with E-state index >= 15 is 0 Å². The van der Waals surface area contributed by atoms with Crippen molar-refractivity contribution in [3.8, 4) is 11.5 Å². The number of carboxylic acid groups (broad SMARTS) is 1. The minimum Gasteiger partial charge on any atom is -0.486 e. The highest BCUT2D eigenvalue weighted by Crippen LogP contribution is 2.33. The molecule has 20 heavy (non-hydrogen) atoms. The number of rotatable bonds is 5. The van der Waals surface area contributed by atoms with Gasteiger partial charge < -0.3 is 14.6 Å². The van der Waals surface area contributed by atoms with E-state index in [-0.39, 0.29) is 18.6 Å². The summed E-state index contributed by atoms with van der Waals surface area (Å²) in [6, 6.07) is 5.06. The van der Waals surface area contributed by atoms with Crippen molar-refractivity contribution in [1.29, 1.82) is 0 Å². The third-order valence-corrected chi connectivity index (χ3v) is 3.13. The van der Waals surface area contributed by atoms with E-state index in [9.17, 15) is 9.59 Å². The van der Waals surface area contributed by atoms with Gasteiger partial charge >= 0.3 is 5.97 Å². The summed E-state index contributed by atoms with van der Waals surface area (Å²) in [5, 5.41) is 8.84. The number of benzene rings is 1. The van der Waals surface area contributed by atoms with Crippen molar-refractivity contribution in [2.75, 3.05) is 13.2 Å². The number of carbonyl (C=O) groups excluding carboxylic acids is 1. The van der Waals surface area contributed by atoms with E-state index < -0.39 is 11.4 Å². The second-order valence-corrected chi connectivity index (χ2v) is 5.69. The first-order valence-corrected chi connectivity index (χ1v) is 6.52. The Labute approximate surface area is 117 Å². The van der Waals surface area contributed by atoms with E-state index in [1.54, 1.807) is 32.0 Å². The van der Waals surface area contributed by atoms with Crippen LogP contribution in [0.4, 0.5) is 0 Å². The summed E-state index contributed by atoms with van der Waals surface area (Å²) in [7, 11) is 0. The van der Waals surface area contributed by atoms with Gasteiger partial charge in [-0.05, 0) is 23.6 Å². The molecule has 108 valence electrons. The SMILES string of the molecule is CC(C)(CC(=O)O)CC(=O)c1ccc2c(c1)OCCO2. The molecule has 1 heterocycles. The summed E-state index contributed by atoms with van der Waals surface area (Å²) in [6.07, 6.45) is 0.141. The summed E-state index contributed by atoms with van der Waals surface area (Å²) in [5.41, 5.74) is -0.0522. The highest BCUT2D eigenvalue weighted by atomic mass is 16.6. The van der Waals surface area contributed by atoms with Gasteiger partial charge in [-0.3, -0.25) is 9.59 Å². The minimum absolute atomic E-state index is 0.0384. The highest BCUT2D eigenvalue weighted by molar-refractivity contribution is 5.97. The van der Waals surface area contributed by atoms with Crippen molar-refractivity contribution >= 4 is 11.8 Å². The van der Waals surface area contributed by atoms with Gasteiger partial charge in [-0.25, -0.2) is 0 Å². The van der Waals surface area contributed by atoms with E-state index in [4.69, 9.17) is 14.6 Å². The fourth-order valence-electron chi connectivity index (χ4n) is 2.23. The Balaban J connectivity index is 2.11. The van der Waals surface area contributed by atoms with E-state index in [1.165, 1.54) is 0 Å². The maximum Gasteiger partial charge on any atom is 0.303 e. The molecule has 0 saturated heterocycles. The van der Waals surface area contributed by atoms with Crippen molar-refractivity contribution < 1.29 is 24.2 Å². The number of carboxylic acids is 1. The van der Waals surface area contributed by atoms with Crippen LogP contribution in [0.3, 0.4) is 0 Å². The summed E-state index contributed by atoms with van der Waals surface area (Å²) in [5.74, 6) is 0.217. The Morgan fingerprint density at radius 2 is 1.80 bits per heavy atom. The zero-order valence-corrected chi connectivity index (χ0v) is 11.6. The number of hydrogen-bond acceptors (Lipinski definition) is 4. The Bertz CT molecular complexity index is 533. The van der Waals surface area contributed by atoms with E-state index in [2.05, 4.69) is 0 Å². The lowest BCUT2D eigenvalue weighted by Crippen LogP contribution is -2.21. The maximum atomic E-state index is 12.2. The molecule has 0 aromatic heterocycles. The first-order valence-electron chi connectivity index (χ1n) is 6.52. The van der Waals surface area contributed by atoms with Gasteiger partial charge in [0.2, 0.25) is 0 Å². The van der Waals surface area contributed by atoms with Gasteiger partial charge in [0.25, 0.3) is 0 Å². The van der Waals surface area contributed by atoms with Crippen molar-refractivity contribution in [3.63, 3.8) is 0 Å². The van der Waals surface area contributed by atoms with E-state index in [0.717, 1.165) is 0 Å². The molecule has 0 bridgehead atoms. The number of ether oxygens (including phenoxy) is 2. The maximum absolute atomic E-state index is 12.2. The summed E-state index contributed by atoms with van der Waals surface area (Å²) in [4.78, 5) is 23.0. The molecule has 0 amide bonds. The third kappa shape index (κ3) is 3.50. The zero-order valence-electron chi connectivity index (χ0n) is 11.6. The van der Waals surface area contributed by atoms with Gasteiger partial charge in [0.1, 0.15) is 13.2 Å². The number of carbonyl (C=O) groups is 2. The van der Waals surface area contributed by atoms with Gasteiger partial charge in [-0.1, -0.05) is 13.8 Å². The fourth-order valence-corrected chi connectivity index (χ4v) is 2.23. The number of Topliss-reactive ketones (excluding diaryl/α,β-unsaturated/α-hetero) is 1. The minimum atomic E-state index is -0.898. The Morgan fingerprint density at radius 1 is 1.15 bits per heavy atom. The molecule has 0 aliphatic carbocycles. The van der Waals surface area contributed by atoms with Crippen LogP contribution < -0.4 is 9.47 Å². The van der Waals surface area contributed by atoms with Crippen LogP contribution in [0.2, 0.25) is 0 Å². The van der Waals surface area contributed by atoms with Crippen molar-refractivity contribution in [2.45, 2.75) is 26.7 Å². The lowest BCUT2D eigenvalue weighted by atomic mass is 9.82. The molecule has 0 fully saturated rings. The Morgan fingerprint density at radius 3 is 2.45 bits per heavy atom. The molecule has 0 saturated carbocycles. The average Bonchev–Trinajstić information content (AvgIpc) is 2.36. The van der Waals surface area contributed by atoms with E-state index in [1.807, 2.05) is 0 Å². The fraction of sp³-hybridized carbons (Fsp3) is 0.467. The molecule has 0 unspecified atom stereocenters. The second kappa shape index (κ2) is 5.53. The van der Waals surface area contributed by atoms with Gasteiger partial charge in [0, 0.05) is 12.0 Å². The van der Waals surface area contributed by atoms with Crippen LogP contribution in [0, 0.1) is 5.41 Å². The summed E-state index contributed by atoms with van der Waals surface area (Å²) >= 11 is 0. The summed E-state index contributed by atoms with van der Waals surface area (Å²) in [6.45, 7) is 4.52. The molecule has 5 nitrogen and oxygen atoms in total. The van der Waals surface area contributed by atoms with Crippen LogP contribution in [0.1, 0.15) is 37.0 Å². The van der Waals surface area contributed by atoms with E-state index in [0.29, 0.717) is 30.3 Å². The quantitative estimate of drug-likeness (QED) is 0.838. The number of ketones is 1. The van der Waals surface area contributed by atoms with Gasteiger partial charge in [0.05, 0.1) is 6.42 Å². The van der Waals surface area contributed by atoms with Crippen molar-refractivity contribution in [2.24, 2.45) is 5.41 Å². The number of aliphatic carboxylic acids is 1. The molecule has 1 aromatic carbocycles. The molecular weight excluding hydrogens is 260 g/mol. The first-order chi connectivity index (χ1) is 9.37. The second-order valence-electron chi connectivity index (χ2n) is 5.69. The lowest BCUT2D eigenvalue weighted by Gasteiger charge is -2.22. The summed E-state index contributed by atoms with van der Waals surface area (Å²) < 4.78 is 10.8. The van der Waals surface area contributed by atoms with Crippen molar-refractivity contribution in [3.05, 3.63) is 23.8 Å². The van der Waals surface area contributed by atoms with Crippen LogP contribution in [0.5, 0.6) is 11.5 Å². The molecule has 0 atom stereocenters. The van der Waals surface area contributed by atoms with Gasteiger partial charge in [-0.15, -0.1) is 0 Å². The number of hydrogen-bond donors (Lipinski definition) is 1. The van der Waals surface area contributed by atoms with Crippen LogP contribution in [-0.2, 0) is 4.79 Å². The molecule has 2 rings (SSSR count). The highest BCUT2D eigenvalue weighted by Gasteiger charge is 2.26. The van der Waals surface area contributed by atoms with Crippen LogP contribution in [0.25, 0.3) is 0 Å². The number of fused-ring (bicyclic) bond motifs is 1. The monoisotopic (exact) mass is 278 g/mol. The zero-order chi connectivity index (χ0) is 14.8. The lowest BCUT2D eigenvalue weighted by molar-refractivity contribution is -0.139. The van der Waals surface area contributed by atoms with Crippen LogP contribution in [0.15, 0.2) is 18.2 Å².